The van der Waals surface area contributed by atoms with Gasteiger partial charge in [0.2, 0.25) is 5.88 Å². The zero-order chi connectivity index (χ0) is 10.7. The molecule has 0 aliphatic rings. The van der Waals surface area contributed by atoms with Crippen LogP contribution in [0.2, 0.25) is 0 Å². The van der Waals surface area contributed by atoms with Crippen LogP contribution in [0.15, 0.2) is 34.9 Å². The Labute approximate surface area is 87.7 Å². The van der Waals surface area contributed by atoms with Crippen molar-refractivity contribution in [2.75, 3.05) is 7.11 Å². The Hall–Kier alpha value is -1.81. The summed E-state index contributed by atoms with van der Waals surface area (Å²) in [5, 5.41) is 0. The summed E-state index contributed by atoms with van der Waals surface area (Å²) in [5.41, 5.74) is 6.37. The summed E-state index contributed by atoms with van der Waals surface area (Å²) in [6, 6.07) is 7.43. The minimum absolute atomic E-state index is 0.406. The molecule has 0 radical (unpaired) electrons. The summed E-state index contributed by atoms with van der Waals surface area (Å²) >= 11 is 0. The molecule has 15 heavy (non-hydrogen) atoms. The van der Waals surface area contributed by atoms with Crippen molar-refractivity contribution in [3.63, 3.8) is 0 Å². The van der Waals surface area contributed by atoms with Crippen LogP contribution >= 0.6 is 0 Å². The van der Waals surface area contributed by atoms with Crippen molar-refractivity contribution in [1.29, 1.82) is 0 Å². The van der Waals surface area contributed by atoms with E-state index in [1.54, 1.807) is 19.4 Å². The molecule has 0 aliphatic heterocycles. The predicted octanol–water partition coefficient (Wildman–Crippen LogP) is 1.81. The molecule has 4 heteroatoms. The zero-order valence-corrected chi connectivity index (χ0v) is 8.43. The molecule has 2 heterocycles. The van der Waals surface area contributed by atoms with Gasteiger partial charge in [-0.15, -0.1) is 0 Å². The van der Waals surface area contributed by atoms with E-state index < -0.39 is 0 Å². The van der Waals surface area contributed by atoms with Gasteiger partial charge in [-0.2, -0.15) is 0 Å². The maximum absolute atomic E-state index is 5.49. The van der Waals surface area contributed by atoms with Crippen LogP contribution in [-0.2, 0) is 6.54 Å². The number of ether oxygens (including phenoxy) is 1. The van der Waals surface area contributed by atoms with Crippen molar-refractivity contribution >= 4 is 0 Å². The molecule has 78 valence electrons. The molecule has 0 bridgehead atoms. The smallest absolute Gasteiger partial charge is 0.212 e. The Kier molecular flexibility index (Phi) is 2.69. The first-order valence-electron chi connectivity index (χ1n) is 4.62. The topological polar surface area (TPSA) is 61.3 Å². The number of methoxy groups -OCH3 is 1. The Balaban J connectivity index is 2.28. The van der Waals surface area contributed by atoms with Crippen LogP contribution in [0, 0.1) is 0 Å². The second-order valence-corrected chi connectivity index (χ2v) is 3.06. The van der Waals surface area contributed by atoms with E-state index >= 15 is 0 Å². The molecule has 0 spiro atoms. The highest BCUT2D eigenvalue weighted by molar-refractivity contribution is 5.56. The number of rotatable bonds is 3. The van der Waals surface area contributed by atoms with Gasteiger partial charge in [-0.25, -0.2) is 4.98 Å². The Morgan fingerprint density at radius 1 is 1.33 bits per heavy atom. The van der Waals surface area contributed by atoms with E-state index in [2.05, 4.69) is 4.98 Å². The van der Waals surface area contributed by atoms with Crippen LogP contribution in [-0.4, -0.2) is 12.1 Å². The molecule has 0 saturated carbocycles. The van der Waals surface area contributed by atoms with Gasteiger partial charge in [0.05, 0.1) is 13.7 Å². The van der Waals surface area contributed by atoms with Gasteiger partial charge in [-0.05, 0) is 18.2 Å². The number of pyridine rings is 1. The molecule has 0 aliphatic carbocycles. The second-order valence-electron chi connectivity index (χ2n) is 3.06. The maximum atomic E-state index is 5.49. The molecule has 2 N–H and O–H groups in total. The third kappa shape index (κ3) is 1.99. The van der Waals surface area contributed by atoms with Crippen LogP contribution in [0.4, 0.5) is 0 Å². The number of aromatic nitrogens is 1. The largest absolute Gasteiger partial charge is 0.481 e. The van der Waals surface area contributed by atoms with Crippen LogP contribution in [0.5, 0.6) is 5.88 Å². The van der Waals surface area contributed by atoms with E-state index in [-0.39, 0.29) is 0 Å². The number of nitrogens with two attached hydrogens (primary N) is 1. The summed E-state index contributed by atoms with van der Waals surface area (Å²) in [5.74, 6) is 2.12. The molecule has 2 rings (SSSR count). The van der Waals surface area contributed by atoms with Gasteiger partial charge in [-0.1, -0.05) is 0 Å². The molecule has 0 aromatic carbocycles. The molecule has 4 nitrogen and oxygen atoms in total. The van der Waals surface area contributed by atoms with E-state index in [1.165, 1.54) is 0 Å². The lowest BCUT2D eigenvalue weighted by atomic mass is 10.2. The minimum atomic E-state index is 0.406. The van der Waals surface area contributed by atoms with Crippen LogP contribution in [0.3, 0.4) is 0 Å². The highest BCUT2D eigenvalue weighted by Gasteiger charge is 2.04. The SMILES string of the molecule is COc1ccc(-c2ccc(CN)o2)cn1. The molecule has 0 saturated heterocycles. The number of nitrogens with zero attached hydrogens (tertiary/aromatic N) is 1. The average molecular weight is 204 g/mol. The molecule has 2 aromatic heterocycles. The fourth-order valence-electron chi connectivity index (χ4n) is 1.29. The fourth-order valence-corrected chi connectivity index (χ4v) is 1.29. The van der Waals surface area contributed by atoms with Crippen molar-refractivity contribution in [2.24, 2.45) is 5.73 Å². The van der Waals surface area contributed by atoms with Crippen molar-refractivity contribution < 1.29 is 9.15 Å². The predicted molar refractivity (Wildman–Crippen MR) is 56.4 cm³/mol. The fraction of sp³-hybridized carbons (Fsp3) is 0.182. The van der Waals surface area contributed by atoms with Gasteiger partial charge in [0, 0.05) is 17.8 Å². The van der Waals surface area contributed by atoms with Gasteiger partial charge < -0.3 is 14.9 Å². The summed E-state index contributed by atoms with van der Waals surface area (Å²) in [4.78, 5) is 4.10. The van der Waals surface area contributed by atoms with Gasteiger partial charge in [0.15, 0.2) is 0 Å². The molecular weight excluding hydrogens is 192 g/mol. The van der Waals surface area contributed by atoms with E-state index in [1.807, 2.05) is 18.2 Å². The highest BCUT2D eigenvalue weighted by atomic mass is 16.5. The first-order chi connectivity index (χ1) is 7.33. The summed E-state index contributed by atoms with van der Waals surface area (Å²) in [6.45, 7) is 0.406. The average Bonchev–Trinajstić information content (AvgIpc) is 2.78. The van der Waals surface area contributed by atoms with Crippen molar-refractivity contribution in [1.82, 2.24) is 4.98 Å². The normalized spacial score (nSPS) is 10.3. The Morgan fingerprint density at radius 2 is 2.20 bits per heavy atom. The maximum Gasteiger partial charge on any atom is 0.212 e. The van der Waals surface area contributed by atoms with Crippen LogP contribution in [0.25, 0.3) is 11.3 Å². The van der Waals surface area contributed by atoms with E-state index in [0.717, 1.165) is 17.1 Å². The van der Waals surface area contributed by atoms with Crippen LogP contribution in [0.1, 0.15) is 5.76 Å². The molecule has 0 atom stereocenters. The Bertz CT molecular complexity index is 434. The van der Waals surface area contributed by atoms with Gasteiger partial charge >= 0.3 is 0 Å². The summed E-state index contributed by atoms with van der Waals surface area (Å²) in [6.07, 6.45) is 1.71. The van der Waals surface area contributed by atoms with Crippen molar-refractivity contribution in [3.05, 3.63) is 36.2 Å². The first-order valence-corrected chi connectivity index (χ1v) is 4.62. The number of furan rings is 1. The van der Waals surface area contributed by atoms with Gasteiger partial charge in [-0.3, -0.25) is 0 Å². The van der Waals surface area contributed by atoms with Crippen LogP contribution < -0.4 is 10.5 Å². The lowest BCUT2D eigenvalue weighted by Gasteiger charge is -1.99. The molecule has 2 aromatic rings. The minimum Gasteiger partial charge on any atom is -0.481 e. The standard InChI is InChI=1S/C11H12N2O2/c1-14-11-5-2-8(7-13-11)10-4-3-9(6-12)15-10/h2-5,7H,6,12H2,1H3. The van der Waals surface area contributed by atoms with Gasteiger partial charge in [0.25, 0.3) is 0 Å². The van der Waals surface area contributed by atoms with Crippen molar-refractivity contribution in [3.8, 4) is 17.2 Å². The van der Waals surface area contributed by atoms with E-state index in [0.29, 0.717) is 12.4 Å². The van der Waals surface area contributed by atoms with Crippen molar-refractivity contribution in [2.45, 2.75) is 6.54 Å². The first kappa shape index (κ1) is 9.73. The lowest BCUT2D eigenvalue weighted by Crippen LogP contribution is -1.92. The molecule has 0 fully saturated rings. The third-order valence-corrected chi connectivity index (χ3v) is 2.09. The molecule has 0 unspecified atom stereocenters. The number of hydrogen-bond donors (Lipinski definition) is 1. The van der Waals surface area contributed by atoms with E-state index in [4.69, 9.17) is 14.9 Å². The quantitative estimate of drug-likeness (QED) is 0.828. The Morgan fingerprint density at radius 3 is 2.73 bits per heavy atom. The second kappa shape index (κ2) is 4.14. The highest BCUT2D eigenvalue weighted by Crippen LogP contribution is 2.22. The summed E-state index contributed by atoms with van der Waals surface area (Å²) < 4.78 is 10.5. The molecule has 0 amide bonds. The van der Waals surface area contributed by atoms with Gasteiger partial charge in [0.1, 0.15) is 11.5 Å². The molecular formula is C11H12N2O2. The lowest BCUT2D eigenvalue weighted by molar-refractivity contribution is 0.398. The zero-order valence-electron chi connectivity index (χ0n) is 8.43. The monoisotopic (exact) mass is 204 g/mol. The van der Waals surface area contributed by atoms with E-state index in [9.17, 15) is 0 Å². The number of hydrogen-bond acceptors (Lipinski definition) is 4. The third-order valence-electron chi connectivity index (χ3n) is 2.09. The summed E-state index contributed by atoms with van der Waals surface area (Å²) in [7, 11) is 1.58.